The molecule has 0 fully saturated rings. The zero-order valence-electron chi connectivity index (χ0n) is 6.12. The summed E-state index contributed by atoms with van der Waals surface area (Å²) in [4.78, 5) is 3.96. The highest BCUT2D eigenvalue weighted by atomic mass is 35.5. The van der Waals surface area contributed by atoms with Gasteiger partial charge in [-0.1, -0.05) is 16.8 Å². The van der Waals surface area contributed by atoms with Crippen LogP contribution in [0, 0.1) is 0 Å². The van der Waals surface area contributed by atoms with E-state index in [9.17, 15) is 0 Å². The second kappa shape index (κ2) is 2.73. The summed E-state index contributed by atoms with van der Waals surface area (Å²) in [5.74, 6) is 0.611. The van der Waals surface area contributed by atoms with Crippen molar-refractivity contribution in [2.45, 2.75) is 6.54 Å². The maximum absolute atomic E-state index is 5.73. The number of hydrogen-bond acceptors (Lipinski definition) is 4. The van der Waals surface area contributed by atoms with Crippen molar-refractivity contribution in [1.29, 1.82) is 0 Å². The predicted octanol–water partition coefficient (Wildman–Crippen LogP) is 1.33. The standard InChI is InChI=1S/C7H6ClN3O/c8-4-1-5-6(2-9)12-11-7(5)10-3-4/h1,3H,2,9H2. The summed E-state index contributed by atoms with van der Waals surface area (Å²) in [6.45, 7) is 0.304. The minimum Gasteiger partial charge on any atom is -0.357 e. The van der Waals surface area contributed by atoms with Gasteiger partial charge >= 0.3 is 0 Å². The molecular weight excluding hydrogens is 178 g/mol. The van der Waals surface area contributed by atoms with Crippen LogP contribution in [0.25, 0.3) is 11.0 Å². The molecule has 0 radical (unpaired) electrons. The van der Waals surface area contributed by atoms with Crippen molar-refractivity contribution in [2.75, 3.05) is 0 Å². The highest BCUT2D eigenvalue weighted by Crippen LogP contribution is 2.19. The van der Waals surface area contributed by atoms with Gasteiger partial charge in [-0.3, -0.25) is 0 Å². The Kier molecular flexibility index (Phi) is 1.71. The van der Waals surface area contributed by atoms with Crippen LogP contribution < -0.4 is 5.73 Å². The zero-order valence-corrected chi connectivity index (χ0v) is 6.88. The maximum atomic E-state index is 5.73. The Balaban J connectivity index is 2.75. The summed E-state index contributed by atoms with van der Waals surface area (Å²) in [7, 11) is 0. The van der Waals surface area contributed by atoms with Gasteiger partial charge in [0.2, 0.25) is 5.65 Å². The topological polar surface area (TPSA) is 64.9 Å². The van der Waals surface area contributed by atoms with Crippen molar-refractivity contribution in [1.82, 2.24) is 10.1 Å². The molecule has 0 amide bonds. The molecule has 0 unspecified atom stereocenters. The van der Waals surface area contributed by atoms with Gasteiger partial charge in [-0.05, 0) is 6.07 Å². The molecule has 12 heavy (non-hydrogen) atoms. The molecule has 0 spiro atoms. The predicted molar refractivity (Wildman–Crippen MR) is 44.7 cm³/mol. The SMILES string of the molecule is NCc1onc2ncc(Cl)cc12. The van der Waals surface area contributed by atoms with E-state index in [1.54, 1.807) is 6.07 Å². The molecule has 0 aliphatic carbocycles. The molecule has 2 N–H and O–H groups in total. The van der Waals surface area contributed by atoms with Crippen LogP contribution in [0.1, 0.15) is 5.76 Å². The van der Waals surface area contributed by atoms with E-state index in [-0.39, 0.29) is 0 Å². The Morgan fingerprint density at radius 2 is 2.42 bits per heavy atom. The van der Waals surface area contributed by atoms with Crippen LogP contribution in [0.5, 0.6) is 0 Å². The Labute approximate surface area is 73.3 Å². The van der Waals surface area contributed by atoms with Crippen molar-refractivity contribution >= 4 is 22.6 Å². The third-order valence-corrected chi connectivity index (χ3v) is 1.77. The van der Waals surface area contributed by atoms with Crippen molar-refractivity contribution in [2.24, 2.45) is 5.73 Å². The Hall–Kier alpha value is -1.13. The Morgan fingerprint density at radius 1 is 1.58 bits per heavy atom. The first kappa shape index (κ1) is 7.52. The minimum atomic E-state index is 0.304. The van der Waals surface area contributed by atoms with Crippen LogP contribution in [0.15, 0.2) is 16.8 Å². The van der Waals surface area contributed by atoms with Gasteiger partial charge in [-0.15, -0.1) is 0 Å². The highest BCUT2D eigenvalue weighted by molar-refractivity contribution is 6.31. The van der Waals surface area contributed by atoms with E-state index in [1.807, 2.05) is 0 Å². The van der Waals surface area contributed by atoms with Gasteiger partial charge in [-0.2, -0.15) is 0 Å². The Bertz CT molecular complexity index is 412. The fourth-order valence-corrected chi connectivity index (χ4v) is 1.16. The van der Waals surface area contributed by atoms with Crippen LogP contribution in [0.2, 0.25) is 5.02 Å². The molecule has 0 bridgehead atoms. The summed E-state index contributed by atoms with van der Waals surface area (Å²) in [6, 6.07) is 1.74. The lowest BCUT2D eigenvalue weighted by atomic mass is 10.3. The molecule has 0 saturated heterocycles. The lowest BCUT2D eigenvalue weighted by molar-refractivity contribution is 0.391. The fraction of sp³-hybridized carbons (Fsp3) is 0.143. The molecule has 5 heteroatoms. The smallest absolute Gasteiger partial charge is 0.202 e. The molecule has 0 saturated carbocycles. The summed E-state index contributed by atoms with van der Waals surface area (Å²) in [5, 5.41) is 5.04. The molecule has 0 aliphatic heterocycles. The van der Waals surface area contributed by atoms with Gasteiger partial charge in [0, 0.05) is 6.20 Å². The number of halogens is 1. The van der Waals surface area contributed by atoms with E-state index in [1.165, 1.54) is 6.20 Å². The molecule has 2 aromatic rings. The fourth-order valence-electron chi connectivity index (χ4n) is 1.00. The lowest BCUT2D eigenvalue weighted by Gasteiger charge is -1.89. The van der Waals surface area contributed by atoms with Crippen LogP contribution >= 0.6 is 11.6 Å². The second-order valence-electron chi connectivity index (χ2n) is 2.33. The molecule has 62 valence electrons. The number of rotatable bonds is 1. The van der Waals surface area contributed by atoms with Crippen LogP contribution in [-0.2, 0) is 6.54 Å². The molecule has 2 rings (SSSR count). The monoisotopic (exact) mass is 183 g/mol. The number of pyridine rings is 1. The third kappa shape index (κ3) is 1.05. The van der Waals surface area contributed by atoms with Gasteiger partial charge in [0.15, 0.2) is 5.76 Å². The Morgan fingerprint density at radius 3 is 3.17 bits per heavy atom. The summed E-state index contributed by atoms with van der Waals surface area (Å²) >= 11 is 5.73. The number of nitrogens with zero attached hydrogens (tertiary/aromatic N) is 2. The maximum Gasteiger partial charge on any atom is 0.202 e. The van der Waals surface area contributed by atoms with Crippen LogP contribution in [0.3, 0.4) is 0 Å². The van der Waals surface area contributed by atoms with Crippen molar-refractivity contribution in [3.05, 3.63) is 23.0 Å². The number of aromatic nitrogens is 2. The average Bonchev–Trinajstić information content (AvgIpc) is 2.46. The van der Waals surface area contributed by atoms with E-state index in [4.69, 9.17) is 21.9 Å². The highest BCUT2D eigenvalue weighted by Gasteiger charge is 2.07. The second-order valence-corrected chi connectivity index (χ2v) is 2.77. The first-order valence-electron chi connectivity index (χ1n) is 3.41. The van der Waals surface area contributed by atoms with E-state index < -0.39 is 0 Å². The molecular formula is C7H6ClN3O. The van der Waals surface area contributed by atoms with Crippen molar-refractivity contribution in [3.63, 3.8) is 0 Å². The first-order valence-corrected chi connectivity index (χ1v) is 3.79. The molecule has 0 aliphatic rings. The normalized spacial score (nSPS) is 10.8. The third-order valence-electron chi connectivity index (χ3n) is 1.56. The molecule has 0 atom stereocenters. The van der Waals surface area contributed by atoms with Crippen molar-refractivity contribution < 1.29 is 4.52 Å². The number of fused-ring (bicyclic) bond motifs is 1. The summed E-state index contributed by atoms with van der Waals surface area (Å²) in [6.07, 6.45) is 1.52. The molecule has 2 heterocycles. The van der Waals surface area contributed by atoms with E-state index in [2.05, 4.69) is 10.1 Å². The van der Waals surface area contributed by atoms with E-state index >= 15 is 0 Å². The van der Waals surface area contributed by atoms with Gasteiger partial charge < -0.3 is 10.3 Å². The zero-order chi connectivity index (χ0) is 8.55. The van der Waals surface area contributed by atoms with Crippen LogP contribution in [-0.4, -0.2) is 10.1 Å². The molecule has 4 nitrogen and oxygen atoms in total. The first-order chi connectivity index (χ1) is 5.81. The molecule has 2 aromatic heterocycles. The summed E-state index contributed by atoms with van der Waals surface area (Å²) in [5.41, 5.74) is 5.95. The minimum absolute atomic E-state index is 0.304. The summed E-state index contributed by atoms with van der Waals surface area (Å²) < 4.78 is 4.92. The van der Waals surface area contributed by atoms with Gasteiger partial charge in [0.05, 0.1) is 17.0 Å². The quantitative estimate of drug-likeness (QED) is 0.725. The lowest BCUT2D eigenvalue weighted by Crippen LogP contribution is -1.94. The van der Waals surface area contributed by atoms with Crippen LogP contribution in [0.4, 0.5) is 0 Å². The van der Waals surface area contributed by atoms with Gasteiger partial charge in [0.1, 0.15) is 0 Å². The average molecular weight is 184 g/mol. The largest absolute Gasteiger partial charge is 0.357 e. The number of nitrogens with two attached hydrogens (primary N) is 1. The van der Waals surface area contributed by atoms with Crippen molar-refractivity contribution in [3.8, 4) is 0 Å². The molecule has 0 aromatic carbocycles. The van der Waals surface area contributed by atoms with Gasteiger partial charge in [0.25, 0.3) is 0 Å². The van der Waals surface area contributed by atoms with E-state index in [0.717, 1.165) is 5.39 Å². The van der Waals surface area contributed by atoms with Gasteiger partial charge in [-0.25, -0.2) is 4.98 Å². The van der Waals surface area contributed by atoms with E-state index in [0.29, 0.717) is 23.0 Å². The number of hydrogen-bond donors (Lipinski definition) is 1.